The molecule has 0 aromatic carbocycles. The molecular weight excluding hydrogens is 164 g/mol. The first-order valence-electron chi connectivity index (χ1n) is 4.94. The van der Waals surface area contributed by atoms with Gasteiger partial charge in [-0.2, -0.15) is 0 Å². The second-order valence-corrected chi connectivity index (χ2v) is 4.63. The lowest BCUT2D eigenvalue weighted by molar-refractivity contribution is 0.144. The second kappa shape index (κ2) is 5.58. The van der Waals surface area contributed by atoms with Gasteiger partial charge in [-0.15, -0.1) is 0 Å². The summed E-state index contributed by atoms with van der Waals surface area (Å²) < 4.78 is 0. The molecule has 80 valence electrons. The van der Waals surface area contributed by atoms with E-state index in [0.717, 1.165) is 13.0 Å². The topological polar surface area (TPSA) is 49.5 Å². The number of nitrogens with two attached hydrogens (primary N) is 1. The zero-order valence-corrected chi connectivity index (χ0v) is 9.38. The van der Waals surface area contributed by atoms with Gasteiger partial charge in [0.15, 0.2) is 0 Å². The van der Waals surface area contributed by atoms with Crippen LogP contribution in [0.4, 0.5) is 0 Å². The minimum atomic E-state index is 0.212. The molecule has 0 aromatic rings. The van der Waals surface area contributed by atoms with E-state index in [4.69, 9.17) is 10.8 Å². The van der Waals surface area contributed by atoms with Gasteiger partial charge in [0.2, 0.25) is 0 Å². The molecule has 3 heteroatoms. The predicted molar refractivity (Wildman–Crippen MR) is 56.6 cm³/mol. The fourth-order valence-corrected chi connectivity index (χ4v) is 0.941. The van der Waals surface area contributed by atoms with Crippen molar-refractivity contribution in [2.75, 3.05) is 26.7 Å². The summed E-state index contributed by atoms with van der Waals surface area (Å²) in [7, 11) is 2.04. The molecular formula is C10H24N2O. The van der Waals surface area contributed by atoms with Gasteiger partial charge in [0, 0.05) is 6.04 Å². The lowest BCUT2D eigenvalue weighted by Crippen LogP contribution is -2.36. The monoisotopic (exact) mass is 188 g/mol. The van der Waals surface area contributed by atoms with Crippen molar-refractivity contribution < 1.29 is 5.11 Å². The number of nitrogens with zero attached hydrogens (tertiary/aromatic N) is 1. The molecule has 0 saturated heterocycles. The SMILES string of the molecule is CC(CO)N(C)CCC(C)(C)CN. The number of likely N-dealkylation sites (N-methyl/N-ethyl adjacent to an activating group) is 1. The maximum Gasteiger partial charge on any atom is 0.0584 e. The number of aliphatic hydroxyl groups is 1. The molecule has 0 aliphatic carbocycles. The average molecular weight is 188 g/mol. The van der Waals surface area contributed by atoms with Gasteiger partial charge in [0.05, 0.1) is 6.61 Å². The van der Waals surface area contributed by atoms with Crippen LogP contribution in [0.1, 0.15) is 27.2 Å². The van der Waals surface area contributed by atoms with Crippen LogP contribution in [0.15, 0.2) is 0 Å². The Labute approximate surface area is 81.9 Å². The Morgan fingerprint density at radius 3 is 2.38 bits per heavy atom. The Bertz CT molecular complexity index is 137. The summed E-state index contributed by atoms with van der Waals surface area (Å²) in [4.78, 5) is 2.16. The number of rotatable bonds is 6. The summed E-state index contributed by atoms with van der Waals surface area (Å²) in [6.07, 6.45) is 1.07. The van der Waals surface area contributed by atoms with E-state index in [1.54, 1.807) is 0 Å². The van der Waals surface area contributed by atoms with Crippen LogP contribution in [-0.4, -0.2) is 42.8 Å². The molecule has 1 atom stereocenters. The molecule has 1 unspecified atom stereocenters. The summed E-state index contributed by atoms with van der Waals surface area (Å²) in [5.74, 6) is 0. The van der Waals surface area contributed by atoms with E-state index in [2.05, 4.69) is 18.7 Å². The van der Waals surface area contributed by atoms with Gasteiger partial charge >= 0.3 is 0 Å². The van der Waals surface area contributed by atoms with Crippen molar-refractivity contribution in [1.29, 1.82) is 0 Å². The second-order valence-electron chi connectivity index (χ2n) is 4.63. The smallest absolute Gasteiger partial charge is 0.0584 e. The molecule has 0 amide bonds. The highest BCUT2D eigenvalue weighted by Gasteiger charge is 2.17. The number of aliphatic hydroxyl groups excluding tert-OH is 1. The molecule has 0 spiro atoms. The number of hydrogen-bond donors (Lipinski definition) is 2. The third-order valence-electron chi connectivity index (χ3n) is 2.71. The minimum Gasteiger partial charge on any atom is -0.395 e. The maximum atomic E-state index is 8.93. The third-order valence-corrected chi connectivity index (χ3v) is 2.71. The van der Waals surface area contributed by atoms with Crippen molar-refractivity contribution in [2.24, 2.45) is 11.1 Å². The van der Waals surface area contributed by atoms with Gasteiger partial charge < -0.3 is 15.7 Å². The van der Waals surface area contributed by atoms with Crippen molar-refractivity contribution in [3.05, 3.63) is 0 Å². The first kappa shape index (κ1) is 12.9. The Morgan fingerprint density at radius 2 is 2.00 bits per heavy atom. The first-order chi connectivity index (χ1) is 5.93. The molecule has 0 fully saturated rings. The average Bonchev–Trinajstić information content (AvgIpc) is 2.13. The van der Waals surface area contributed by atoms with Crippen LogP contribution in [0.3, 0.4) is 0 Å². The number of hydrogen-bond acceptors (Lipinski definition) is 3. The largest absolute Gasteiger partial charge is 0.395 e. The van der Waals surface area contributed by atoms with E-state index in [1.165, 1.54) is 0 Å². The quantitative estimate of drug-likeness (QED) is 0.644. The van der Waals surface area contributed by atoms with E-state index < -0.39 is 0 Å². The highest BCUT2D eigenvalue weighted by molar-refractivity contribution is 4.72. The Kier molecular flexibility index (Phi) is 5.53. The molecule has 0 aliphatic heterocycles. The summed E-state index contributed by atoms with van der Waals surface area (Å²) >= 11 is 0. The van der Waals surface area contributed by atoms with E-state index in [-0.39, 0.29) is 18.1 Å². The minimum absolute atomic E-state index is 0.212. The molecule has 13 heavy (non-hydrogen) atoms. The molecule has 0 aliphatic rings. The van der Waals surface area contributed by atoms with Crippen LogP contribution < -0.4 is 5.73 Å². The van der Waals surface area contributed by atoms with Crippen LogP contribution >= 0.6 is 0 Å². The van der Waals surface area contributed by atoms with E-state index in [0.29, 0.717) is 6.54 Å². The summed E-state index contributed by atoms with van der Waals surface area (Å²) in [5, 5.41) is 8.93. The summed E-state index contributed by atoms with van der Waals surface area (Å²) in [6, 6.07) is 0.244. The predicted octanol–water partition coefficient (Wildman–Crippen LogP) is 0.674. The highest BCUT2D eigenvalue weighted by Crippen LogP contribution is 2.18. The summed E-state index contributed by atoms with van der Waals surface area (Å²) in [5.41, 5.74) is 5.84. The van der Waals surface area contributed by atoms with E-state index in [1.807, 2.05) is 14.0 Å². The van der Waals surface area contributed by atoms with Crippen molar-refractivity contribution in [3.8, 4) is 0 Å². The van der Waals surface area contributed by atoms with Crippen molar-refractivity contribution in [2.45, 2.75) is 33.2 Å². The van der Waals surface area contributed by atoms with Crippen molar-refractivity contribution in [1.82, 2.24) is 4.90 Å². The molecule has 0 saturated carbocycles. The Balaban J connectivity index is 3.75. The van der Waals surface area contributed by atoms with Crippen LogP contribution in [0.25, 0.3) is 0 Å². The molecule has 0 radical (unpaired) electrons. The highest BCUT2D eigenvalue weighted by atomic mass is 16.3. The molecule has 0 heterocycles. The fraction of sp³-hybridized carbons (Fsp3) is 1.00. The molecule has 3 nitrogen and oxygen atoms in total. The standard InChI is InChI=1S/C10H24N2O/c1-9(7-13)12(4)6-5-10(2,3)8-11/h9,13H,5-8,11H2,1-4H3. The zero-order chi connectivity index (χ0) is 10.5. The van der Waals surface area contributed by atoms with Crippen LogP contribution in [-0.2, 0) is 0 Å². The Morgan fingerprint density at radius 1 is 1.46 bits per heavy atom. The molecule has 0 aromatic heterocycles. The normalized spacial score (nSPS) is 15.0. The molecule has 0 rings (SSSR count). The Hall–Kier alpha value is -0.120. The maximum absolute atomic E-state index is 8.93. The van der Waals surface area contributed by atoms with Gasteiger partial charge in [0.25, 0.3) is 0 Å². The van der Waals surface area contributed by atoms with Crippen LogP contribution in [0.5, 0.6) is 0 Å². The first-order valence-corrected chi connectivity index (χ1v) is 4.94. The van der Waals surface area contributed by atoms with E-state index in [9.17, 15) is 0 Å². The lowest BCUT2D eigenvalue weighted by atomic mass is 9.89. The molecule has 0 bridgehead atoms. The van der Waals surface area contributed by atoms with Crippen LogP contribution in [0.2, 0.25) is 0 Å². The third kappa shape index (κ3) is 5.24. The van der Waals surface area contributed by atoms with Gasteiger partial charge in [-0.05, 0) is 38.9 Å². The van der Waals surface area contributed by atoms with Crippen LogP contribution in [0, 0.1) is 5.41 Å². The summed E-state index contributed by atoms with van der Waals surface area (Å²) in [6.45, 7) is 8.30. The van der Waals surface area contributed by atoms with Gasteiger partial charge in [-0.25, -0.2) is 0 Å². The lowest BCUT2D eigenvalue weighted by Gasteiger charge is -2.28. The van der Waals surface area contributed by atoms with Crippen molar-refractivity contribution >= 4 is 0 Å². The fourth-order valence-electron chi connectivity index (χ4n) is 0.941. The van der Waals surface area contributed by atoms with Gasteiger partial charge in [-0.3, -0.25) is 0 Å². The zero-order valence-electron chi connectivity index (χ0n) is 9.38. The van der Waals surface area contributed by atoms with Gasteiger partial charge in [0.1, 0.15) is 0 Å². The van der Waals surface area contributed by atoms with Gasteiger partial charge in [-0.1, -0.05) is 13.8 Å². The van der Waals surface area contributed by atoms with Crippen molar-refractivity contribution in [3.63, 3.8) is 0 Å². The van der Waals surface area contributed by atoms with E-state index >= 15 is 0 Å². The molecule has 3 N–H and O–H groups in total.